The Morgan fingerprint density at radius 3 is 2.80 bits per heavy atom. The minimum atomic E-state index is -0.253. The quantitative estimate of drug-likeness (QED) is 0.759. The van der Waals surface area contributed by atoms with E-state index in [0.717, 1.165) is 18.7 Å². The molecule has 130 valence electrons. The highest BCUT2D eigenvalue weighted by Gasteiger charge is 2.08. The highest BCUT2D eigenvalue weighted by atomic mass is 16.1. The number of carbonyl (C=O) groups excluding carboxylic acids is 1. The van der Waals surface area contributed by atoms with Crippen LogP contribution in [0.5, 0.6) is 0 Å². The first-order valence-corrected chi connectivity index (χ1v) is 8.75. The van der Waals surface area contributed by atoms with Crippen LogP contribution in [-0.4, -0.2) is 27.6 Å². The lowest BCUT2D eigenvalue weighted by Crippen LogP contribution is -2.24. The predicted molar refractivity (Wildman–Crippen MR) is 97.1 cm³/mol. The van der Waals surface area contributed by atoms with Crippen LogP contribution in [0.1, 0.15) is 48.3 Å². The van der Waals surface area contributed by atoms with Crippen molar-refractivity contribution < 1.29 is 4.79 Å². The molecule has 0 radical (unpaired) electrons. The molecule has 25 heavy (non-hydrogen) atoms. The van der Waals surface area contributed by atoms with E-state index in [-0.39, 0.29) is 5.91 Å². The molecule has 0 unspecified atom stereocenters. The molecule has 0 fully saturated rings. The maximum absolute atomic E-state index is 12.1. The largest absolute Gasteiger partial charge is 0.368 e. The molecule has 3 rings (SSSR count). The van der Waals surface area contributed by atoms with Crippen molar-refractivity contribution in [2.75, 3.05) is 11.9 Å². The Kier molecular flexibility index (Phi) is 6.09. The van der Waals surface area contributed by atoms with Crippen LogP contribution in [0.4, 0.5) is 5.82 Å². The van der Waals surface area contributed by atoms with Crippen LogP contribution in [0.3, 0.4) is 0 Å². The number of hydrogen-bond acceptors (Lipinski definition) is 5. The zero-order valence-electron chi connectivity index (χ0n) is 14.2. The van der Waals surface area contributed by atoms with E-state index < -0.39 is 0 Å². The van der Waals surface area contributed by atoms with Crippen molar-refractivity contribution >= 4 is 11.7 Å². The number of nitrogens with zero attached hydrogens (tertiary/aromatic N) is 3. The first kappa shape index (κ1) is 17.1. The van der Waals surface area contributed by atoms with E-state index in [1.165, 1.54) is 31.3 Å². The second-order valence-corrected chi connectivity index (χ2v) is 6.09. The SMILES string of the molecule is O=C(NCc1ccccn1)c1ccc(NCCC2=CCCCC2)nn1. The van der Waals surface area contributed by atoms with Gasteiger partial charge in [-0.1, -0.05) is 17.7 Å². The van der Waals surface area contributed by atoms with Crippen molar-refractivity contribution in [3.63, 3.8) is 0 Å². The Morgan fingerprint density at radius 2 is 2.08 bits per heavy atom. The third-order valence-electron chi connectivity index (χ3n) is 4.19. The number of allylic oxidation sites excluding steroid dienone is 1. The number of amides is 1. The van der Waals surface area contributed by atoms with Gasteiger partial charge in [0.25, 0.3) is 5.91 Å². The maximum Gasteiger partial charge on any atom is 0.272 e. The fraction of sp³-hybridized carbons (Fsp3) is 0.368. The van der Waals surface area contributed by atoms with E-state index in [0.29, 0.717) is 18.1 Å². The summed E-state index contributed by atoms with van der Waals surface area (Å²) in [5.74, 6) is 0.440. The molecule has 2 N–H and O–H groups in total. The van der Waals surface area contributed by atoms with Crippen molar-refractivity contribution in [3.05, 3.63) is 59.6 Å². The molecule has 0 saturated heterocycles. The Hall–Kier alpha value is -2.76. The molecule has 0 saturated carbocycles. The van der Waals surface area contributed by atoms with Gasteiger partial charge in [0.15, 0.2) is 5.69 Å². The second-order valence-electron chi connectivity index (χ2n) is 6.09. The fourth-order valence-corrected chi connectivity index (χ4v) is 2.79. The molecule has 6 heteroatoms. The lowest BCUT2D eigenvalue weighted by Gasteiger charge is -2.13. The van der Waals surface area contributed by atoms with E-state index in [4.69, 9.17) is 0 Å². The van der Waals surface area contributed by atoms with E-state index in [2.05, 4.69) is 31.9 Å². The Morgan fingerprint density at radius 1 is 1.12 bits per heavy atom. The summed E-state index contributed by atoms with van der Waals surface area (Å²) in [4.78, 5) is 16.2. The van der Waals surface area contributed by atoms with Gasteiger partial charge in [0.05, 0.1) is 12.2 Å². The normalized spacial score (nSPS) is 13.8. The number of pyridine rings is 1. The molecule has 2 aromatic rings. The van der Waals surface area contributed by atoms with Gasteiger partial charge in [-0.25, -0.2) is 0 Å². The summed E-state index contributed by atoms with van der Waals surface area (Å²) in [6, 6.07) is 9.06. The second kappa shape index (κ2) is 8.92. The number of nitrogens with one attached hydrogen (secondary N) is 2. The predicted octanol–water partition coefficient (Wildman–Crippen LogP) is 3.10. The molecule has 2 aromatic heterocycles. The van der Waals surface area contributed by atoms with Gasteiger partial charge in [0.1, 0.15) is 5.82 Å². The highest BCUT2D eigenvalue weighted by molar-refractivity contribution is 5.92. The Labute approximate surface area is 147 Å². The maximum atomic E-state index is 12.1. The van der Waals surface area contributed by atoms with Crippen LogP contribution in [-0.2, 0) is 6.54 Å². The molecular weight excluding hydrogens is 314 g/mol. The monoisotopic (exact) mass is 337 g/mol. The minimum absolute atomic E-state index is 0.253. The zero-order valence-corrected chi connectivity index (χ0v) is 14.2. The van der Waals surface area contributed by atoms with Crippen molar-refractivity contribution in [3.8, 4) is 0 Å². The van der Waals surface area contributed by atoms with Gasteiger partial charge < -0.3 is 10.6 Å². The number of hydrogen-bond donors (Lipinski definition) is 2. The molecule has 0 atom stereocenters. The third kappa shape index (κ3) is 5.38. The smallest absolute Gasteiger partial charge is 0.272 e. The van der Waals surface area contributed by atoms with Crippen molar-refractivity contribution in [2.45, 2.75) is 38.6 Å². The third-order valence-corrected chi connectivity index (χ3v) is 4.19. The van der Waals surface area contributed by atoms with Crippen molar-refractivity contribution in [1.29, 1.82) is 0 Å². The summed E-state index contributed by atoms with van der Waals surface area (Å²) in [6.45, 7) is 1.21. The van der Waals surface area contributed by atoms with Crippen LogP contribution in [0.15, 0.2) is 48.2 Å². The molecule has 6 nitrogen and oxygen atoms in total. The van der Waals surface area contributed by atoms with E-state index in [1.807, 2.05) is 18.2 Å². The van der Waals surface area contributed by atoms with Crippen LogP contribution >= 0.6 is 0 Å². The molecule has 2 heterocycles. The van der Waals surface area contributed by atoms with Gasteiger partial charge in [-0.05, 0) is 56.4 Å². The van der Waals surface area contributed by atoms with Crippen molar-refractivity contribution in [1.82, 2.24) is 20.5 Å². The van der Waals surface area contributed by atoms with Crippen LogP contribution < -0.4 is 10.6 Å². The fourth-order valence-electron chi connectivity index (χ4n) is 2.79. The number of aromatic nitrogens is 3. The molecule has 1 aliphatic rings. The molecule has 1 aliphatic carbocycles. The van der Waals surface area contributed by atoms with Crippen molar-refractivity contribution in [2.24, 2.45) is 0 Å². The summed E-state index contributed by atoms with van der Waals surface area (Å²) < 4.78 is 0. The Bertz CT molecular complexity index is 712. The summed E-state index contributed by atoms with van der Waals surface area (Å²) in [7, 11) is 0. The molecule has 0 aromatic carbocycles. The Balaban J connectivity index is 1.44. The lowest BCUT2D eigenvalue weighted by molar-refractivity contribution is 0.0944. The molecular formula is C19H23N5O. The van der Waals surface area contributed by atoms with E-state index in [1.54, 1.807) is 18.3 Å². The zero-order chi connectivity index (χ0) is 17.3. The first-order chi connectivity index (χ1) is 12.3. The molecule has 0 aliphatic heterocycles. The summed E-state index contributed by atoms with van der Waals surface area (Å²) >= 11 is 0. The number of rotatable bonds is 7. The number of anilines is 1. The molecule has 0 bridgehead atoms. The summed E-state index contributed by atoms with van der Waals surface area (Å²) in [5.41, 5.74) is 2.63. The van der Waals surface area contributed by atoms with Gasteiger partial charge >= 0.3 is 0 Å². The highest BCUT2D eigenvalue weighted by Crippen LogP contribution is 2.19. The minimum Gasteiger partial charge on any atom is -0.368 e. The van der Waals surface area contributed by atoms with Gasteiger partial charge in [-0.2, -0.15) is 0 Å². The van der Waals surface area contributed by atoms with Crippen LogP contribution in [0.25, 0.3) is 0 Å². The first-order valence-electron chi connectivity index (χ1n) is 8.75. The lowest BCUT2D eigenvalue weighted by atomic mass is 9.97. The van der Waals surface area contributed by atoms with Gasteiger partial charge in [0, 0.05) is 12.7 Å². The topological polar surface area (TPSA) is 79.8 Å². The van der Waals surface area contributed by atoms with Gasteiger partial charge in [-0.3, -0.25) is 9.78 Å². The molecule has 0 spiro atoms. The average molecular weight is 337 g/mol. The molecule has 1 amide bonds. The summed E-state index contributed by atoms with van der Waals surface area (Å²) in [5, 5.41) is 14.1. The van der Waals surface area contributed by atoms with Gasteiger partial charge in [0.2, 0.25) is 0 Å². The van der Waals surface area contributed by atoms with E-state index >= 15 is 0 Å². The van der Waals surface area contributed by atoms with Gasteiger partial charge in [-0.15, -0.1) is 10.2 Å². The average Bonchev–Trinajstić information content (AvgIpc) is 2.68. The van der Waals surface area contributed by atoms with Crippen LogP contribution in [0, 0.1) is 0 Å². The standard InChI is InChI=1S/C19H23N5O/c25-19(22-14-16-8-4-5-12-20-16)17-9-10-18(24-23-17)21-13-11-15-6-2-1-3-7-15/h4-6,8-10,12H,1-3,7,11,13-14H2,(H,21,24)(H,22,25). The number of carbonyl (C=O) groups is 1. The van der Waals surface area contributed by atoms with Crippen LogP contribution in [0.2, 0.25) is 0 Å². The van der Waals surface area contributed by atoms with E-state index in [9.17, 15) is 4.79 Å². The summed E-state index contributed by atoms with van der Waals surface area (Å²) in [6.07, 6.45) is 10.1.